The molecule has 2 heterocycles. The van der Waals surface area contributed by atoms with Crippen LogP contribution >= 0.6 is 0 Å². The molecule has 0 spiro atoms. The van der Waals surface area contributed by atoms with Crippen molar-refractivity contribution in [3.8, 4) is 22.8 Å². The molecule has 3 aromatic rings. The number of ether oxygens (including phenoxy) is 2. The molecule has 0 saturated carbocycles. The second kappa shape index (κ2) is 8.84. The van der Waals surface area contributed by atoms with Gasteiger partial charge in [0.15, 0.2) is 5.75 Å². The Morgan fingerprint density at radius 1 is 1.24 bits per heavy atom. The average molecular weight is 389 g/mol. The maximum absolute atomic E-state index is 11.2. The summed E-state index contributed by atoms with van der Waals surface area (Å²) in [7, 11) is 0. The lowest BCUT2D eigenvalue weighted by Gasteiger charge is -2.22. The SMILES string of the molecule is C=NCc1ccc(Oc2cn(C3CCCCO3)nc2-c2cccc(C=O)c2)cc1. The van der Waals surface area contributed by atoms with Crippen LogP contribution in [0.5, 0.6) is 11.5 Å². The molecule has 0 radical (unpaired) electrons. The standard InChI is InChI=1S/C23H23N3O3/c1-24-14-17-8-10-20(11-9-17)29-21-15-26(22-7-2-3-12-28-22)25-23(21)19-6-4-5-18(13-19)16-27/h4-6,8-11,13,15-16,22H,1-3,7,12,14H2. The van der Waals surface area contributed by atoms with Gasteiger partial charge in [0.25, 0.3) is 0 Å². The Morgan fingerprint density at radius 3 is 2.83 bits per heavy atom. The van der Waals surface area contributed by atoms with Gasteiger partial charge in [0.2, 0.25) is 0 Å². The van der Waals surface area contributed by atoms with Crippen LogP contribution < -0.4 is 4.74 Å². The Balaban J connectivity index is 1.68. The number of nitrogens with zero attached hydrogens (tertiary/aromatic N) is 3. The summed E-state index contributed by atoms with van der Waals surface area (Å²) in [6, 6.07) is 15.1. The van der Waals surface area contributed by atoms with Crippen molar-refractivity contribution in [2.75, 3.05) is 6.61 Å². The first-order valence-electron chi connectivity index (χ1n) is 9.72. The lowest BCUT2D eigenvalue weighted by molar-refractivity contribution is -0.0394. The van der Waals surface area contributed by atoms with Crippen molar-refractivity contribution in [1.29, 1.82) is 0 Å². The number of carbonyl (C=O) groups is 1. The molecule has 4 rings (SSSR count). The van der Waals surface area contributed by atoms with Crippen LogP contribution in [0.2, 0.25) is 0 Å². The predicted molar refractivity (Wildman–Crippen MR) is 112 cm³/mol. The first-order valence-corrected chi connectivity index (χ1v) is 9.72. The summed E-state index contributed by atoms with van der Waals surface area (Å²) in [5.74, 6) is 1.33. The molecular weight excluding hydrogens is 366 g/mol. The molecule has 0 amide bonds. The molecule has 1 atom stereocenters. The second-order valence-corrected chi connectivity index (χ2v) is 7.01. The molecule has 1 aliphatic rings. The molecule has 1 aliphatic heterocycles. The quantitative estimate of drug-likeness (QED) is 0.419. The Labute approximate surface area is 169 Å². The molecule has 29 heavy (non-hydrogen) atoms. The summed E-state index contributed by atoms with van der Waals surface area (Å²) in [6.07, 6.45) is 5.69. The van der Waals surface area contributed by atoms with Gasteiger partial charge in [-0.05, 0) is 49.7 Å². The summed E-state index contributed by atoms with van der Waals surface area (Å²) in [5, 5.41) is 4.75. The summed E-state index contributed by atoms with van der Waals surface area (Å²) in [6.45, 7) is 4.83. The number of benzene rings is 2. The molecule has 1 unspecified atom stereocenters. The van der Waals surface area contributed by atoms with Gasteiger partial charge in [-0.25, -0.2) is 4.68 Å². The maximum Gasteiger partial charge on any atom is 0.173 e. The van der Waals surface area contributed by atoms with Gasteiger partial charge in [0, 0.05) is 17.7 Å². The van der Waals surface area contributed by atoms with Gasteiger partial charge in [-0.1, -0.05) is 30.3 Å². The Bertz CT molecular complexity index is 989. The van der Waals surface area contributed by atoms with E-state index in [1.54, 1.807) is 6.07 Å². The van der Waals surface area contributed by atoms with Crippen LogP contribution in [-0.2, 0) is 11.3 Å². The van der Waals surface area contributed by atoms with Crippen LogP contribution in [-0.4, -0.2) is 29.4 Å². The van der Waals surface area contributed by atoms with Crippen LogP contribution in [0.25, 0.3) is 11.3 Å². The fourth-order valence-electron chi connectivity index (χ4n) is 3.41. The van der Waals surface area contributed by atoms with Crippen molar-refractivity contribution in [2.24, 2.45) is 4.99 Å². The first-order chi connectivity index (χ1) is 14.3. The van der Waals surface area contributed by atoms with Crippen LogP contribution in [0, 0.1) is 0 Å². The number of carbonyl (C=O) groups excluding carboxylic acids is 1. The third kappa shape index (κ3) is 4.43. The number of hydrogen-bond acceptors (Lipinski definition) is 5. The highest BCUT2D eigenvalue weighted by Crippen LogP contribution is 2.35. The molecule has 2 aromatic carbocycles. The summed E-state index contributed by atoms with van der Waals surface area (Å²) in [4.78, 5) is 15.1. The van der Waals surface area contributed by atoms with E-state index in [4.69, 9.17) is 14.6 Å². The van der Waals surface area contributed by atoms with E-state index in [1.807, 2.05) is 53.3 Å². The Morgan fingerprint density at radius 2 is 2.10 bits per heavy atom. The molecule has 1 aromatic heterocycles. The van der Waals surface area contributed by atoms with Gasteiger partial charge in [0.05, 0.1) is 12.7 Å². The summed E-state index contributed by atoms with van der Waals surface area (Å²) < 4.78 is 13.9. The molecular formula is C23H23N3O3. The van der Waals surface area contributed by atoms with Crippen molar-refractivity contribution in [3.63, 3.8) is 0 Å². The normalized spacial score (nSPS) is 16.3. The van der Waals surface area contributed by atoms with Gasteiger partial charge in [-0.2, -0.15) is 5.10 Å². The predicted octanol–water partition coefficient (Wildman–Crippen LogP) is 5.05. The lowest BCUT2D eigenvalue weighted by Crippen LogP contribution is -2.18. The van der Waals surface area contributed by atoms with E-state index in [9.17, 15) is 4.79 Å². The van der Waals surface area contributed by atoms with Gasteiger partial charge >= 0.3 is 0 Å². The number of rotatable bonds is 7. The van der Waals surface area contributed by atoms with Gasteiger partial charge in [-0.15, -0.1) is 0 Å². The highest BCUT2D eigenvalue weighted by Gasteiger charge is 2.21. The zero-order chi connectivity index (χ0) is 20.1. The topological polar surface area (TPSA) is 65.7 Å². The molecule has 1 fully saturated rings. The second-order valence-electron chi connectivity index (χ2n) is 7.01. The Kier molecular flexibility index (Phi) is 5.81. The first kappa shape index (κ1) is 19.1. The van der Waals surface area contributed by atoms with E-state index in [0.717, 1.165) is 43.3 Å². The zero-order valence-corrected chi connectivity index (χ0v) is 16.2. The van der Waals surface area contributed by atoms with Crippen LogP contribution in [0.4, 0.5) is 0 Å². The minimum atomic E-state index is -0.102. The van der Waals surface area contributed by atoms with Crippen molar-refractivity contribution in [3.05, 3.63) is 65.9 Å². The highest BCUT2D eigenvalue weighted by atomic mass is 16.5. The third-order valence-corrected chi connectivity index (χ3v) is 4.89. The molecule has 1 saturated heterocycles. The third-order valence-electron chi connectivity index (χ3n) is 4.89. The molecule has 148 valence electrons. The van der Waals surface area contributed by atoms with E-state index in [2.05, 4.69) is 11.7 Å². The maximum atomic E-state index is 11.2. The fourth-order valence-corrected chi connectivity index (χ4v) is 3.41. The number of aliphatic imine (C=N–C) groups is 1. The minimum absolute atomic E-state index is 0.102. The van der Waals surface area contributed by atoms with Crippen molar-refractivity contribution in [1.82, 2.24) is 9.78 Å². The number of hydrogen-bond donors (Lipinski definition) is 0. The molecule has 0 bridgehead atoms. The van der Waals surface area contributed by atoms with E-state index >= 15 is 0 Å². The molecule has 6 heteroatoms. The van der Waals surface area contributed by atoms with Crippen LogP contribution in [0.1, 0.15) is 41.4 Å². The van der Waals surface area contributed by atoms with Crippen molar-refractivity contribution >= 4 is 13.0 Å². The van der Waals surface area contributed by atoms with Gasteiger partial charge < -0.3 is 9.47 Å². The van der Waals surface area contributed by atoms with Gasteiger partial charge in [-0.3, -0.25) is 9.79 Å². The van der Waals surface area contributed by atoms with E-state index in [1.165, 1.54) is 0 Å². The van der Waals surface area contributed by atoms with Crippen LogP contribution in [0.15, 0.2) is 59.7 Å². The Hall–Kier alpha value is -3.25. The van der Waals surface area contributed by atoms with E-state index in [0.29, 0.717) is 29.3 Å². The monoisotopic (exact) mass is 389 g/mol. The average Bonchev–Trinajstić information content (AvgIpc) is 3.20. The lowest BCUT2D eigenvalue weighted by atomic mass is 10.1. The smallest absolute Gasteiger partial charge is 0.173 e. The fraction of sp³-hybridized carbons (Fsp3) is 0.261. The molecule has 6 nitrogen and oxygen atoms in total. The largest absolute Gasteiger partial charge is 0.453 e. The molecule has 0 aliphatic carbocycles. The zero-order valence-electron chi connectivity index (χ0n) is 16.2. The minimum Gasteiger partial charge on any atom is -0.453 e. The molecule has 0 N–H and O–H groups in total. The van der Waals surface area contributed by atoms with E-state index < -0.39 is 0 Å². The van der Waals surface area contributed by atoms with Crippen molar-refractivity contribution < 1.29 is 14.3 Å². The summed E-state index contributed by atoms with van der Waals surface area (Å²) >= 11 is 0. The van der Waals surface area contributed by atoms with Gasteiger partial charge in [0.1, 0.15) is 24.0 Å². The number of aldehydes is 1. The van der Waals surface area contributed by atoms with E-state index in [-0.39, 0.29) is 6.23 Å². The van der Waals surface area contributed by atoms with Crippen molar-refractivity contribution in [2.45, 2.75) is 32.0 Å². The number of aromatic nitrogens is 2. The van der Waals surface area contributed by atoms with Crippen LogP contribution in [0.3, 0.4) is 0 Å². The highest BCUT2D eigenvalue weighted by molar-refractivity contribution is 5.79. The summed E-state index contributed by atoms with van der Waals surface area (Å²) in [5.41, 5.74) is 3.17.